The molecule has 0 radical (unpaired) electrons. The number of hydrogen-bond acceptors (Lipinski definition) is 2. The Balaban J connectivity index is 2.30. The summed E-state index contributed by atoms with van der Waals surface area (Å²) in [5, 5.41) is 0. The molecule has 0 aromatic rings. The van der Waals surface area contributed by atoms with Crippen molar-refractivity contribution in [1.82, 2.24) is 0 Å². The fourth-order valence-electron chi connectivity index (χ4n) is 2.64. The number of rotatable bonds is 1. The fourth-order valence-corrected chi connectivity index (χ4v) is 2.64. The van der Waals surface area contributed by atoms with Crippen LogP contribution in [0.25, 0.3) is 0 Å². The average molecular weight is 245 g/mol. The van der Waals surface area contributed by atoms with Crippen LogP contribution in [-0.2, 0) is 9.59 Å². The molecular formula is C15H19NO2. The number of allylic oxidation sites excluding steroid dienone is 5. The van der Waals surface area contributed by atoms with Crippen LogP contribution in [0.15, 0.2) is 34.9 Å². The van der Waals surface area contributed by atoms with E-state index < -0.39 is 5.91 Å². The van der Waals surface area contributed by atoms with E-state index in [2.05, 4.69) is 19.1 Å². The highest BCUT2D eigenvalue weighted by molar-refractivity contribution is 6.27. The molecule has 0 aliphatic heterocycles. The second-order valence-electron chi connectivity index (χ2n) is 5.11. The molecule has 1 unspecified atom stereocenters. The molecule has 3 nitrogen and oxygen atoms in total. The third-order valence-corrected chi connectivity index (χ3v) is 3.63. The topological polar surface area (TPSA) is 60.2 Å². The summed E-state index contributed by atoms with van der Waals surface area (Å²) >= 11 is 0. The van der Waals surface area contributed by atoms with E-state index in [0.29, 0.717) is 12.3 Å². The van der Waals surface area contributed by atoms with Gasteiger partial charge in [-0.05, 0) is 43.6 Å². The van der Waals surface area contributed by atoms with Crippen LogP contribution in [0.5, 0.6) is 0 Å². The standard InChI is InChI=1S/C15H19NO2/c1-10-5-2-3-7-12-9-11(8-4-6-10)13(14(12)17)15(16)18/h2,5,7,10H,3-4,6,8-9H2,1H3,(H2,16,18)/b5-2-,12-7+. The van der Waals surface area contributed by atoms with Crippen molar-refractivity contribution in [1.29, 1.82) is 0 Å². The van der Waals surface area contributed by atoms with Crippen LogP contribution >= 0.6 is 0 Å². The zero-order chi connectivity index (χ0) is 13.1. The van der Waals surface area contributed by atoms with Crippen molar-refractivity contribution < 1.29 is 9.59 Å². The molecule has 2 rings (SSSR count). The summed E-state index contributed by atoms with van der Waals surface area (Å²) in [5.41, 5.74) is 7.24. The highest BCUT2D eigenvalue weighted by Crippen LogP contribution is 2.32. The van der Waals surface area contributed by atoms with Crippen molar-refractivity contribution in [3.05, 3.63) is 34.9 Å². The third kappa shape index (κ3) is 2.61. The van der Waals surface area contributed by atoms with Crippen molar-refractivity contribution >= 4 is 11.7 Å². The number of nitrogens with two attached hydrogens (primary N) is 1. The number of amides is 1. The van der Waals surface area contributed by atoms with Crippen molar-refractivity contribution in [2.24, 2.45) is 11.7 Å². The smallest absolute Gasteiger partial charge is 0.252 e. The molecule has 0 saturated heterocycles. The van der Waals surface area contributed by atoms with Crippen molar-refractivity contribution in [3.8, 4) is 0 Å². The number of carbonyl (C=O) groups is 2. The van der Waals surface area contributed by atoms with E-state index in [0.717, 1.165) is 36.8 Å². The van der Waals surface area contributed by atoms with Gasteiger partial charge in [-0.3, -0.25) is 9.59 Å². The van der Waals surface area contributed by atoms with Crippen molar-refractivity contribution in [2.45, 2.75) is 39.0 Å². The summed E-state index contributed by atoms with van der Waals surface area (Å²) in [4.78, 5) is 23.4. The number of carbonyl (C=O) groups excluding carboxylic acids is 2. The van der Waals surface area contributed by atoms with Gasteiger partial charge in [-0.15, -0.1) is 0 Å². The highest BCUT2D eigenvalue weighted by Gasteiger charge is 2.30. The number of primary amides is 1. The van der Waals surface area contributed by atoms with Gasteiger partial charge in [-0.2, -0.15) is 0 Å². The van der Waals surface area contributed by atoms with Crippen molar-refractivity contribution in [2.75, 3.05) is 0 Å². The molecule has 0 heterocycles. The second kappa shape index (κ2) is 5.34. The van der Waals surface area contributed by atoms with E-state index in [4.69, 9.17) is 5.73 Å². The quantitative estimate of drug-likeness (QED) is 0.569. The van der Waals surface area contributed by atoms with Crippen LogP contribution in [-0.4, -0.2) is 11.7 Å². The van der Waals surface area contributed by atoms with E-state index in [1.165, 1.54) is 0 Å². The molecule has 1 amide bonds. The van der Waals surface area contributed by atoms with Gasteiger partial charge in [0.1, 0.15) is 0 Å². The lowest BCUT2D eigenvalue weighted by atomic mass is 9.98. The Morgan fingerprint density at radius 3 is 2.94 bits per heavy atom. The van der Waals surface area contributed by atoms with Gasteiger partial charge in [0.25, 0.3) is 5.91 Å². The molecule has 0 fully saturated rings. The maximum absolute atomic E-state index is 12.1. The lowest BCUT2D eigenvalue weighted by molar-refractivity contribution is -0.118. The summed E-state index contributed by atoms with van der Waals surface area (Å²) in [6.45, 7) is 2.19. The normalized spacial score (nSPS) is 29.5. The minimum atomic E-state index is -0.570. The Morgan fingerprint density at radius 1 is 1.44 bits per heavy atom. The van der Waals surface area contributed by atoms with E-state index in [1.807, 2.05) is 6.08 Å². The molecule has 2 bridgehead atoms. The molecule has 3 heteroatoms. The van der Waals surface area contributed by atoms with Gasteiger partial charge >= 0.3 is 0 Å². The Hall–Kier alpha value is -1.64. The molecule has 0 spiro atoms. The minimum absolute atomic E-state index is 0.153. The molecule has 96 valence electrons. The molecule has 18 heavy (non-hydrogen) atoms. The molecule has 2 aliphatic rings. The minimum Gasteiger partial charge on any atom is -0.365 e. The molecule has 0 saturated carbocycles. The molecule has 0 aromatic carbocycles. The first-order valence-electron chi connectivity index (χ1n) is 6.52. The van der Waals surface area contributed by atoms with Crippen LogP contribution in [0.1, 0.15) is 39.0 Å². The summed E-state index contributed by atoms with van der Waals surface area (Å²) in [6, 6.07) is 0. The first-order valence-corrected chi connectivity index (χ1v) is 6.52. The number of ketones is 1. The largest absolute Gasteiger partial charge is 0.365 e. The van der Waals surface area contributed by atoms with Gasteiger partial charge < -0.3 is 5.73 Å². The van der Waals surface area contributed by atoms with Crippen LogP contribution in [0.4, 0.5) is 0 Å². The zero-order valence-corrected chi connectivity index (χ0v) is 10.7. The maximum atomic E-state index is 12.1. The van der Waals surface area contributed by atoms with Gasteiger partial charge in [0.15, 0.2) is 5.78 Å². The second-order valence-corrected chi connectivity index (χ2v) is 5.11. The fraction of sp³-hybridized carbons (Fsp3) is 0.467. The van der Waals surface area contributed by atoms with E-state index >= 15 is 0 Å². The first-order chi connectivity index (χ1) is 8.59. The Labute approximate surface area is 107 Å². The molecule has 1 atom stereocenters. The van der Waals surface area contributed by atoms with Crippen LogP contribution in [0.2, 0.25) is 0 Å². The Morgan fingerprint density at radius 2 is 2.22 bits per heavy atom. The number of Topliss-reactive ketones (excluding diaryl/α,β-unsaturated/α-hetero) is 1. The van der Waals surface area contributed by atoms with Gasteiger partial charge in [-0.25, -0.2) is 0 Å². The van der Waals surface area contributed by atoms with Gasteiger partial charge in [0.05, 0.1) is 5.57 Å². The van der Waals surface area contributed by atoms with Gasteiger partial charge in [0.2, 0.25) is 0 Å². The van der Waals surface area contributed by atoms with Crippen LogP contribution < -0.4 is 5.73 Å². The summed E-state index contributed by atoms with van der Waals surface area (Å²) < 4.78 is 0. The SMILES string of the molecule is CC1/C=C\C/C=C2\CC(=C(C(N)=O)C2=O)CCC1. The van der Waals surface area contributed by atoms with Crippen molar-refractivity contribution in [3.63, 3.8) is 0 Å². The lowest BCUT2D eigenvalue weighted by Gasteiger charge is -2.07. The van der Waals surface area contributed by atoms with E-state index in [-0.39, 0.29) is 11.4 Å². The molecular weight excluding hydrogens is 226 g/mol. The number of fused-ring (bicyclic) bond motifs is 2. The monoisotopic (exact) mass is 245 g/mol. The maximum Gasteiger partial charge on any atom is 0.252 e. The molecule has 2 N–H and O–H groups in total. The van der Waals surface area contributed by atoms with Crippen LogP contribution in [0.3, 0.4) is 0 Å². The van der Waals surface area contributed by atoms with Gasteiger partial charge in [0, 0.05) is 5.57 Å². The first kappa shape index (κ1) is 12.8. The average Bonchev–Trinajstić information content (AvgIpc) is 2.58. The van der Waals surface area contributed by atoms with Gasteiger partial charge in [-0.1, -0.05) is 25.2 Å². The summed E-state index contributed by atoms with van der Waals surface area (Å²) in [7, 11) is 0. The zero-order valence-electron chi connectivity index (χ0n) is 10.7. The number of hydrogen-bond donors (Lipinski definition) is 1. The predicted molar refractivity (Wildman–Crippen MR) is 70.7 cm³/mol. The Bertz CT molecular complexity index is 469. The Kier molecular flexibility index (Phi) is 3.80. The van der Waals surface area contributed by atoms with E-state index in [1.54, 1.807) is 0 Å². The molecule has 0 aromatic heterocycles. The highest BCUT2D eigenvalue weighted by atomic mass is 16.2. The van der Waals surface area contributed by atoms with Crippen LogP contribution in [0, 0.1) is 5.92 Å². The summed E-state index contributed by atoms with van der Waals surface area (Å²) in [5.74, 6) is -0.174. The van der Waals surface area contributed by atoms with E-state index in [9.17, 15) is 9.59 Å². The molecule has 2 aliphatic carbocycles. The summed E-state index contributed by atoms with van der Waals surface area (Å²) in [6.07, 6.45) is 10.5. The lowest BCUT2D eigenvalue weighted by Crippen LogP contribution is -2.19. The predicted octanol–water partition coefficient (Wildman–Crippen LogP) is 2.43. The third-order valence-electron chi connectivity index (χ3n) is 3.63.